The number of hydrogen-bond donors (Lipinski definition) is 1. The lowest BCUT2D eigenvalue weighted by Gasteiger charge is -2.20. The molecule has 1 rings (SSSR count). The van der Waals surface area contributed by atoms with Crippen LogP contribution < -0.4 is 5.32 Å². The summed E-state index contributed by atoms with van der Waals surface area (Å²) in [5.41, 5.74) is 0. The van der Waals surface area contributed by atoms with Crippen molar-refractivity contribution in [3.63, 3.8) is 0 Å². The summed E-state index contributed by atoms with van der Waals surface area (Å²) in [5.74, 6) is 0.682. The predicted octanol–water partition coefficient (Wildman–Crippen LogP) is 1.29. The quantitative estimate of drug-likeness (QED) is 0.745. The lowest BCUT2D eigenvalue weighted by Crippen LogP contribution is -2.36. The van der Waals surface area contributed by atoms with Gasteiger partial charge in [0.25, 0.3) is 0 Å². The van der Waals surface area contributed by atoms with Crippen molar-refractivity contribution in [3.05, 3.63) is 0 Å². The van der Waals surface area contributed by atoms with E-state index in [-0.39, 0.29) is 5.92 Å². The molecule has 0 aliphatic carbocycles. The van der Waals surface area contributed by atoms with E-state index in [1.165, 1.54) is 12.8 Å². The Labute approximate surface area is 93.2 Å². The highest BCUT2D eigenvalue weighted by atomic mass is 16.1. The third-order valence-corrected chi connectivity index (χ3v) is 3.28. The molecule has 15 heavy (non-hydrogen) atoms. The van der Waals surface area contributed by atoms with Gasteiger partial charge in [-0.1, -0.05) is 20.3 Å². The Morgan fingerprint density at radius 3 is 2.73 bits per heavy atom. The van der Waals surface area contributed by atoms with E-state index in [1.807, 2.05) is 0 Å². The summed E-state index contributed by atoms with van der Waals surface area (Å²) >= 11 is 0. The molecular weight excluding hydrogens is 188 g/mol. The van der Waals surface area contributed by atoms with E-state index in [0.717, 1.165) is 32.6 Å². The minimum absolute atomic E-state index is 0.257. The number of rotatable bonds is 5. The second-order valence-electron chi connectivity index (χ2n) is 4.32. The van der Waals surface area contributed by atoms with Crippen LogP contribution in [0.5, 0.6) is 0 Å². The van der Waals surface area contributed by atoms with Gasteiger partial charge in [-0.25, -0.2) is 0 Å². The van der Waals surface area contributed by atoms with Crippen molar-refractivity contribution in [3.8, 4) is 0 Å². The van der Waals surface area contributed by atoms with Gasteiger partial charge in [0.15, 0.2) is 5.78 Å². The zero-order valence-corrected chi connectivity index (χ0v) is 10.1. The number of ketones is 1. The number of carbonyl (C=O) groups excluding carboxylic acids is 1. The van der Waals surface area contributed by atoms with Gasteiger partial charge in [0.2, 0.25) is 0 Å². The molecule has 1 unspecified atom stereocenters. The SMILES string of the molecule is CCN(CC)CC(=O)C1CCCCNC1. The van der Waals surface area contributed by atoms with E-state index >= 15 is 0 Å². The first-order valence-electron chi connectivity index (χ1n) is 6.23. The van der Waals surface area contributed by atoms with Crippen molar-refractivity contribution in [1.82, 2.24) is 10.2 Å². The highest BCUT2D eigenvalue weighted by molar-refractivity contribution is 5.83. The Bertz CT molecular complexity index is 182. The average Bonchev–Trinajstić information content (AvgIpc) is 2.54. The fourth-order valence-electron chi connectivity index (χ4n) is 2.09. The number of nitrogens with zero attached hydrogens (tertiary/aromatic N) is 1. The Morgan fingerprint density at radius 1 is 1.33 bits per heavy atom. The molecule has 1 heterocycles. The molecule has 0 amide bonds. The van der Waals surface area contributed by atoms with Crippen molar-refractivity contribution in [1.29, 1.82) is 0 Å². The molecule has 0 aromatic rings. The van der Waals surface area contributed by atoms with Crippen LogP contribution in [0.4, 0.5) is 0 Å². The third kappa shape index (κ3) is 4.31. The summed E-state index contributed by atoms with van der Waals surface area (Å²) in [7, 11) is 0. The van der Waals surface area contributed by atoms with E-state index in [4.69, 9.17) is 0 Å². The maximum atomic E-state index is 12.0. The van der Waals surface area contributed by atoms with Crippen molar-refractivity contribution in [2.75, 3.05) is 32.7 Å². The Kier molecular flexibility index (Phi) is 5.88. The second kappa shape index (κ2) is 6.96. The van der Waals surface area contributed by atoms with Crippen molar-refractivity contribution >= 4 is 5.78 Å². The molecule has 3 heteroatoms. The smallest absolute Gasteiger partial charge is 0.151 e. The maximum absolute atomic E-state index is 12.0. The topological polar surface area (TPSA) is 32.3 Å². The molecular formula is C12H24N2O. The van der Waals surface area contributed by atoms with Crippen LogP contribution in [0, 0.1) is 5.92 Å². The number of Topliss-reactive ketones (excluding diaryl/α,β-unsaturated/α-hetero) is 1. The maximum Gasteiger partial charge on any atom is 0.151 e. The summed E-state index contributed by atoms with van der Waals surface area (Å²) in [5, 5.41) is 3.35. The molecule has 1 fully saturated rings. The van der Waals surface area contributed by atoms with Gasteiger partial charge in [-0.2, -0.15) is 0 Å². The molecule has 1 saturated heterocycles. The standard InChI is InChI=1S/C12H24N2O/c1-3-14(4-2)10-12(15)11-7-5-6-8-13-9-11/h11,13H,3-10H2,1-2H3. The number of hydrogen-bond acceptors (Lipinski definition) is 3. The molecule has 3 nitrogen and oxygen atoms in total. The normalized spacial score (nSPS) is 22.7. The lowest BCUT2D eigenvalue weighted by atomic mass is 9.98. The van der Waals surface area contributed by atoms with Crippen LogP contribution in [-0.2, 0) is 4.79 Å². The molecule has 0 bridgehead atoms. The minimum atomic E-state index is 0.257. The second-order valence-corrected chi connectivity index (χ2v) is 4.32. The van der Waals surface area contributed by atoms with Gasteiger partial charge in [-0.05, 0) is 32.5 Å². The van der Waals surface area contributed by atoms with Crippen LogP contribution in [-0.4, -0.2) is 43.4 Å². The molecule has 0 aromatic heterocycles. The van der Waals surface area contributed by atoms with E-state index in [0.29, 0.717) is 12.3 Å². The van der Waals surface area contributed by atoms with Crippen molar-refractivity contribution in [2.45, 2.75) is 33.1 Å². The molecule has 0 radical (unpaired) electrons. The first-order valence-corrected chi connectivity index (χ1v) is 6.23. The van der Waals surface area contributed by atoms with Gasteiger partial charge in [-0.3, -0.25) is 9.69 Å². The van der Waals surface area contributed by atoms with Crippen LogP contribution >= 0.6 is 0 Å². The largest absolute Gasteiger partial charge is 0.316 e. The lowest BCUT2D eigenvalue weighted by molar-refractivity contribution is -0.124. The van der Waals surface area contributed by atoms with Gasteiger partial charge < -0.3 is 5.32 Å². The van der Waals surface area contributed by atoms with E-state index in [2.05, 4.69) is 24.1 Å². The Morgan fingerprint density at radius 2 is 2.07 bits per heavy atom. The van der Waals surface area contributed by atoms with Crippen molar-refractivity contribution in [2.24, 2.45) is 5.92 Å². The van der Waals surface area contributed by atoms with Crippen LogP contribution in [0.1, 0.15) is 33.1 Å². The fraction of sp³-hybridized carbons (Fsp3) is 0.917. The van der Waals surface area contributed by atoms with Crippen LogP contribution in [0.3, 0.4) is 0 Å². The predicted molar refractivity (Wildman–Crippen MR) is 63.0 cm³/mol. The third-order valence-electron chi connectivity index (χ3n) is 3.28. The molecule has 0 spiro atoms. The first-order chi connectivity index (χ1) is 7.27. The van der Waals surface area contributed by atoms with Gasteiger partial charge in [0, 0.05) is 12.5 Å². The van der Waals surface area contributed by atoms with E-state index in [9.17, 15) is 4.79 Å². The Balaban J connectivity index is 2.36. The highest BCUT2D eigenvalue weighted by Gasteiger charge is 2.20. The zero-order chi connectivity index (χ0) is 11.1. The summed E-state index contributed by atoms with van der Waals surface area (Å²) in [4.78, 5) is 14.2. The molecule has 1 N–H and O–H groups in total. The molecule has 0 aromatic carbocycles. The first kappa shape index (κ1) is 12.7. The molecule has 88 valence electrons. The van der Waals surface area contributed by atoms with Gasteiger partial charge in [-0.15, -0.1) is 0 Å². The van der Waals surface area contributed by atoms with E-state index < -0.39 is 0 Å². The van der Waals surface area contributed by atoms with E-state index in [1.54, 1.807) is 0 Å². The van der Waals surface area contributed by atoms with Crippen LogP contribution in [0.15, 0.2) is 0 Å². The number of carbonyl (C=O) groups is 1. The number of nitrogens with one attached hydrogen (secondary N) is 1. The molecule has 1 atom stereocenters. The average molecular weight is 212 g/mol. The van der Waals surface area contributed by atoms with Gasteiger partial charge >= 0.3 is 0 Å². The number of likely N-dealkylation sites (N-methyl/N-ethyl adjacent to an activating group) is 1. The highest BCUT2D eigenvalue weighted by Crippen LogP contribution is 2.12. The molecule has 1 aliphatic heterocycles. The summed E-state index contributed by atoms with van der Waals surface area (Å²) < 4.78 is 0. The van der Waals surface area contributed by atoms with Crippen molar-refractivity contribution < 1.29 is 4.79 Å². The summed E-state index contributed by atoms with van der Waals surface area (Å²) in [6.45, 7) is 8.78. The van der Waals surface area contributed by atoms with Gasteiger partial charge in [0.05, 0.1) is 6.54 Å². The monoisotopic (exact) mass is 212 g/mol. The Hall–Kier alpha value is -0.410. The summed E-state index contributed by atoms with van der Waals surface area (Å²) in [6.07, 6.45) is 3.49. The van der Waals surface area contributed by atoms with Crippen LogP contribution in [0.25, 0.3) is 0 Å². The summed E-state index contributed by atoms with van der Waals surface area (Å²) in [6, 6.07) is 0. The fourth-order valence-corrected chi connectivity index (χ4v) is 2.09. The van der Waals surface area contributed by atoms with Gasteiger partial charge in [0.1, 0.15) is 0 Å². The van der Waals surface area contributed by atoms with Crippen LogP contribution in [0.2, 0.25) is 0 Å². The molecule has 0 saturated carbocycles. The zero-order valence-electron chi connectivity index (χ0n) is 10.1. The molecule has 1 aliphatic rings. The minimum Gasteiger partial charge on any atom is -0.316 e.